The summed E-state index contributed by atoms with van der Waals surface area (Å²) in [5.74, 6) is -1.73. The molecule has 1 unspecified atom stereocenters. The summed E-state index contributed by atoms with van der Waals surface area (Å²) in [4.78, 5) is 23.0. The SMILES string of the molecule is CCCCCCC(Oc1ccc(-c2ccc(C(F)(F)F)cc2)c(C)c1)c1ccc(C(=O)NCCC(=O)O)cc1F.[HH]. The molecule has 0 aliphatic rings. The van der Waals surface area contributed by atoms with Gasteiger partial charge in [0.05, 0.1) is 12.0 Å². The van der Waals surface area contributed by atoms with E-state index in [-0.39, 0.29) is 20.0 Å². The number of rotatable bonds is 13. The van der Waals surface area contributed by atoms with E-state index in [4.69, 9.17) is 9.84 Å². The van der Waals surface area contributed by atoms with Crippen molar-refractivity contribution in [3.63, 3.8) is 0 Å². The Hall–Kier alpha value is -3.88. The average molecular weight is 562 g/mol. The minimum Gasteiger partial charge on any atom is -0.486 e. The number of hydrogen-bond donors (Lipinski definition) is 2. The van der Waals surface area contributed by atoms with Crippen LogP contribution in [0.3, 0.4) is 0 Å². The Morgan fingerprint density at radius 3 is 2.33 bits per heavy atom. The van der Waals surface area contributed by atoms with Crippen LogP contribution < -0.4 is 10.1 Å². The maximum absolute atomic E-state index is 15.2. The van der Waals surface area contributed by atoms with Gasteiger partial charge in [-0.2, -0.15) is 13.2 Å². The number of unbranched alkanes of at least 4 members (excludes halogenated alkanes) is 3. The summed E-state index contributed by atoms with van der Waals surface area (Å²) in [5, 5.41) is 11.2. The molecule has 40 heavy (non-hydrogen) atoms. The Balaban J connectivity index is 0.00000588. The van der Waals surface area contributed by atoms with Crippen LogP contribution in [-0.4, -0.2) is 23.5 Å². The second-order valence-electron chi connectivity index (χ2n) is 9.64. The van der Waals surface area contributed by atoms with Crippen molar-refractivity contribution in [3.8, 4) is 16.9 Å². The molecule has 0 saturated carbocycles. The maximum atomic E-state index is 15.2. The molecule has 3 aromatic rings. The highest BCUT2D eigenvalue weighted by atomic mass is 19.4. The van der Waals surface area contributed by atoms with Crippen LogP contribution in [0.15, 0.2) is 60.7 Å². The third kappa shape index (κ3) is 8.56. The fourth-order valence-electron chi connectivity index (χ4n) is 4.39. The smallest absolute Gasteiger partial charge is 0.416 e. The lowest BCUT2D eigenvalue weighted by atomic mass is 9.98. The number of benzene rings is 3. The number of nitrogens with one attached hydrogen (secondary N) is 1. The van der Waals surface area contributed by atoms with Gasteiger partial charge in [-0.25, -0.2) is 4.39 Å². The van der Waals surface area contributed by atoms with Crippen LogP contribution in [0.2, 0.25) is 0 Å². The number of carboxylic acids is 1. The van der Waals surface area contributed by atoms with Gasteiger partial charge in [-0.1, -0.05) is 50.5 Å². The molecule has 0 aliphatic heterocycles. The minimum absolute atomic E-state index is 0. The molecule has 0 fully saturated rings. The molecular formula is C31H35F4NO4. The predicted molar refractivity (Wildman–Crippen MR) is 147 cm³/mol. The summed E-state index contributed by atoms with van der Waals surface area (Å²) in [5.41, 5.74) is 1.83. The largest absolute Gasteiger partial charge is 0.486 e. The second kappa shape index (κ2) is 14.0. The number of aryl methyl sites for hydroxylation is 1. The third-order valence-electron chi connectivity index (χ3n) is 6.55. The highest BCUT2D eigenvalue weighted by Crippen LogP contribution is 2.34. The zero-order valence-corrected chi connectivity index (χ0v) is 22.5. The van der Waals surface area contributed by atoms with E-state index in [0.29, 0.717) is 23.3 Å². The molecule has 0 radical (unpaired) electrons. The van der Waals surface area contributed by atoms with Gasteiger partial charge >= 0.3 is 12.1 Å². The van der Waals surface area contributed by atoms with Crippen LogP contribution in [-0.2, 0) is 11.0 Å². The van der Waals surface area contributed by atoms with Gasteiger partial charge in [-0.3, -0.25) is 9.59 Å². The van der Waals surface area contributed by atoms with E-state index in [1.165, 1.54) is 24.3 Å². The van der Waals surface area contributed by atoms with Crippen LogP contribution in [0.1, 0.15) is 80.0 Å². The molecule has 0 saturated heterocycles. The summed E-state index contributed by atoms with van der Waals surface area (Å²) in [6, 6.07) is 14.3. The van der Waals surface area contributed by atoms with Gasteiger partial charge in [0.1, 0.15) is 17.7 Å². The number of amides is 1. The van der Waals surface area contributed by atoms with Gasteiger partial charge in [0, 0.05) is 19.1 Å². The standard InChI is InChI=1S/C31H33F4NO4.H2/c1-3-4-5-6-7-28(26-14-10-22(19-27(26)32)30(39)36-17-16-29(37)38)40-24-13-15-25(20(2)18-24)21-8-11-23(12-9-21)31(33,34)35;/h8-15,18-19,28H,3-7,16-17H2,1-2H3,(H,36,39)(H,37,38);1H. The van der Waals surface area contributed by atoms with Crippen LogP contribution >= 0.6 is 0 Å². The van der Waals surface area contributed by atoms with Crippen molar-refractivity contribution in [3.05, 3.63) is 88.7 Å². The van der Waals surface area contributed by atoms with Crippen molar-refractivity contribution in [1.29, 1.82) is 0 Å². The van der Waals surface area contributed by atoms with E-state index in [0.717, 1.165) is 55.0 Å². The van der Waals surface area contributed by atoms with Gasteiger partial charge in [0.15, 0.2) is 0 Å². The maximum Gasteiger partial charge on any atom is 0.416 e. The lowest BCUT2D eigenvalue weighted by Crippen LogP contribution is -2.26. The second-order valence-corrected chi connectivity index (χ2v) is 9.64. The first-order valence-electron chi connectivity index (χ1n) is 13.2. The lowest BCUT2D eigenvalue weighted by Gasteiger charge is -2.21. The van der Waals surface area contributed by atoms with Crippen LogP contribution in [0.25, 0.3) is 11.1 Å². The van der Waals surface area contributed by atoms with Crippen LogP contribution in [0.4, 0.5) is 17.6 Å². The Kier molecular flexibility index (Phi) is 10.7. The molecule has 216 valence electrons. The first kappa shape index (κ1) is 30.7. The van der Waals surface area contributed by atoms with E-state index >= 15 is 4.39 Å². The van der Waals surface area contributed by atoms with E-state index < -0.39 is 35.5 Å². The molecule has 0 bridgehead atoms. The summed E-state index contributed by atoms with van der Waals surface area (Å²) in [6.07, 6.45) is -0.905. The zero-order valence-electron chi connectivity index (χ0n) is 22.5. The van der Waals surface area contributed by atoms with Crippen molar-refractivity contribution in [2.75, 3.05) is 6.54 Å². The molecule has 5 nitrogen and oxygen atoms in total. The average Bonchev–Trinajstić information content (AvgIpc) is 2.90. The van der Waals surface area contributed by atoms with E-state index in [9.17, 15) is 22.8 Å². The Morgan fingerprint density at radius 1 is 1.00 bits per heavy atom. The summed E-state index contributed by atoms with van der Waals surface area (Å²) in [6.45, 7) is 3.85. The first-order valence-corrected chi connectivity index (χ1v) is 13.2. The number of aliphatic carboxylic acids is 1. The predicted octanol–water partition coefficient (Wildman–Crippen LogP) is 8.36. The van der Waals surface area contributed by atoms with Gasteiger partial charge in [0.2, 0.25) is 0 Å². The molecule has 1 atom stereocenters. The number of halogens is 4. The molecule has 0 aromatic heterocycles. The van der Waals surface area contributed by atoms with E-state index in [2.05, 4.69) is 12.2 Å². The van der Waals surface area contributed by atoms with E-state index in [1.807, 2.05) is 6.92 Å². The molecule has 3 rings (SSSR count). The third-order valence-corrected chi connectivity index (χ3v) is 6.55. The lowest BCUT2D eigenvalue weighted by molar-refractivity contribution is -0.138. The van der Waals surface area contributed by atoms with Gasteiger partial charge in [-0.05, 0) is 72.9 Å². The molecule has 3 aromatic carbocycles. The fourth-order valence-corrected chi connectivity index (χ4v) is 4.39. The minimum atomic E-state index is -4.41. The van der Waals surface area contributed by atoms with Crippen molar-refractivity contribution >= 4 is 11.9 Å². The number of carbonyl (C=O) groups is 2. The Labute approximate surface area is 232 Å². The molecule has 0 spiro atoms. The fraction of sp³-hybridized carbons (Fsp3) is 0.355. The number of carbonyl (C=O) groups excluding carboxylic acids is 1. The van der Waals surface area contributed by atoms with Crippen molar-refractivity contribution in [2.24, 2.45) is 0 Å². The number of carboxylic acid groups (broad SMARTS) is 1. The van der Waals surface area contributed by atoms with Crippen molar-refractivity contribution < 1.29 is 38.4 Å². The molecule has 9 heteroatoms. The van der Waals surface area contributed by atoms with Crippen molar-refractivity contribution in [2.45, 2.75) is 64.7 Å². The highest BCUT2D eigenvalue weighted by molar-refractivity contribution is 5.94. The monoisotopic (exact) mass is 561 g/mol. The summed E-state index contributed by atoms with van der Waals surface area (Å²) >= 11 is 0. The quantitative estimate of drug-likeness (QED) is 0.162. The Bertz CT molecular complexity index is 1310. The molecule has 1 amide bonds. The number of ether oxygens (including phenoxy) is 1. The van der Waals surface area contributed by atoms with E-state index in [1.54, 1.807) is 18.2 Å². The highest BCUT2D eigenvalue weighted by Gasteiger charge is 2.30. The van der Waals surface area contributed by atoms with Gasteiger partial charge < -0.3 is 15.2 Å². The first-order chi connectivity index (χ1) is 19.0. The zero-order chi connectivity index (χ0) is 29.3. The molecule has 0 aliphatic carbocycles. The van der Waals surface area contributed by atoms with Gasteiger partial charge in [-0.15, -0.1) is 0 Å². The normalized spacial score (nSPS) is 12.2. The number of alkyl halides is 3. The summed E-state index contributed by atoms with van der Waals surface area (Å²) in [7, 11) is 0. The van der Waals surface area contributed by atoms with Crippen LogP contribution in [0.5, 0.6) is 5.75 Å². The van der Waals surface area contributed by atoms with Crippen molar-refractivity contribution in [1.82, 2.24) is 5.32 Å². The van der Waals surface area contributed by atoms with Crippen LogP contribution in [0, 0.1) is 12.7 Å². The Morgan fingerprint density at radius 2 is 1.73 bits per heavy atom. The molecule has 0 heterocycles. The number of hydrogen-bond acceptors (Lipinski definition) is 3. The summed E-state index contributed by atoms with van der Waals surface area (Å²) < 4.78 is 60.3. The molecular weight excluding hydrogens is 526 g/mol. The molecule has 2 N–H and O–H groups in total. The van der Waals surface area contributed by atoms with Gasteiger partial charge in [0.25, 0.3) is 5.91 Å². The topological polar surface area (TPSA) is 75.6 Å².